The summed E-state index contributed by atoms with van der Waals surface area (Å²) < 4.78 is 13.0. The lowest BCUT2D eigenvalue weighted by Crippen LogP contribution is -2.49. The number of rotatable bonds is 6. The molecule has 0 radical (unpaired) electrons. The Morgan fingerprint density at radius 3 is 2.66 bits per heavy atom. The molecule has 0 aliphatic carbocycles. The first-order valence-corrected chi connectivity index (χ1v) is 10.0. The van der Waals surface area contributed by atoms with Crippen molar-refractivity contribution in [2.24, 2.45) is 0 Å². The molecule has 2 aliphatic heterocycles. The molecular weight excluding hydrogens is 372 g/mol. The monoisotopic (exact) mass is 398 g/mol. The molecule has 8 nitrogen and oxygen atoms in total. The van der Waals surface area contributed by atoms with E-state index in [-0.39, 0.29) is 11.8 Å². The third kappa shape index (κ3) is 4.33. The SMILES string of the molecule is CC(=O)N1CCC[C@H]1C(=O)N(Cc1ccnn1-c1ccccc1)CC1OCCO1. The van der Waals surface area contributed by atoms with E-state index in [1.807, 2.05) is 41.1 Å². The van der Waals surface area contributed by atoms with Crippen molar-refractivity contribution in [3.05, 3.63) is 48.3 Å². The highest BCUT2D eigenvalue weighted by molar-refractivity contribution is 5.87. The zero-order valence-electron chi connectivity index (χ0n) is 16.6. The van der Waals surface area contributed by atoms with Gasteiger partial charge in [-0.25, -0.2) is 4.68 Å². The molecule has 0 N–H and O–H groups in total. The molecular formula is C21H26N4O4. The number of para-hydroxylation sites is 1. The Morgan fingerprint density at radius 1 is 1.17 bits per heavy atom. The van der Waals surface area contributed by atoms with Crippen LogP contribution >= 0.6 is 0 Å². The van der Waals surface area contributed by atoms with Crippen LogP contribution in [-0.2, 0) is 25.6 Å². The molecule has 1 aromatic carbocycles. The van der Waals surface area contributed by atoms with Crippen molar-refractivity contribution in [3.8, 4) is 5.69 Å². The lowest BCUT2D eigenvalue weighted by atomic mass is 10.1. The van der Waals surface area contributed by atoms with E-state index in [1.165, 1.54) is 6.92 Å². The first kappa shape index (κ1) is 19.6. The zero-order chi connectivity index (χ0) is 20.2. The van der Waals surface area contributed by atoms with E-state index >= 15 is 0 Å². The molecule has 0 spiro atoms. The molecule has 0 unspecified atom stereocenters. The van der Waals surface area contributed by atoms with Crippen LogP contribution in [0.15, 0.2) is 42.6 Å². The summed E-state index contributed by atoms with van der Waals surface area (Å²) in [5, 5.41) is 4.42. The van der Waals surface area contributed by atoms with Gasteiger partial charge < -0.3 is 19.3 Å². The van der Waals surface area contributed by atoms with Gasteiger partial charge in [-0.3, -0.25) is 9.59 Å². The van der Waals surface area contributed by atoms with E-state index < -0.39 is 12.3 Å². The smallest absolute Gasteiger partial charge is 0.245 e. The third-order valence-corrected chi connectivity index (χ3v) is 5.39. The fourth-order valence-electron chi connectivity index (χ4n) is 3.98. The van der Waals surface area contributed by atoms with Crippen LogP contribution in [0.3, 0.4) is 0 Å². The Balaban J connectivity index is 1.57. The van der Waals surface area contributed by atoms with E-state index in [2.05, 4.69) is 5.10 Å². The third-order valence-electron chi connectivity index (χ3n) is 5.39. The predicted octanol–water partition coefficient (Wildman–Crippen LogP) is 1.58. The molecule has 4 rings (SSSR count). The van der Waals surface area contributed by atoms with Gasteiger partial charge in [-0.15, -0.1) is 0 Å². The Bertz CT molecular complexity index is 847. The molecule has 154 valence electrons. The van der Waals surface area contributed by atoms with E-state index in [0.717, 1.165) is 17.8 Å². The van der Waals surface area contributed by atoms with Gasteiger partial charge in [0.1, 0.15) is 6.04 Å². The largest absolute Gasteiger partial charge is 0.348 e. The van der Waals surface area contributed by atoms with Crippen molar-refractivity contribution in [2.45, 2.75) is 38.6 Å². The topological polar surface area (TPSA) is 76.9 Å². The summed E-state index contributed by atoms with van der Waals surface area (Å²) in [6, 6.07) is 11.3. The molecule has 1 atom stereocenters. The number of ether oxygens (including phenoxy) is 2. The van der Waals surface area contributed by atoms with Crippen molar-refractivity contribution in [2.75, 3.05) is 26.3 Å². The van der Waals surface area contributed by atoms with Crippen LogP contribution in [0.25, 0.3) is 5.69 Å². The Morgan fingerprint density at radius 2 is 1.93 bits per heavy atom. The highest BCUT2D eigenvalue weighted by Crippen LogP contribution is 2.22. The van der Waals surface area contributed by atoms with Gasteiger partial charge in [0, 0.05) is 19.7 Å². The van der Waals surface area contributed by atoms with Crippen LogP contribution < -0.4 is 0 Å². The number of hydrogen-bond acceptors (Lipinski definition) is 5. The molecule has 3 heterocycles. The van der Waals surface area contributed by atoms with Crippen molar-refractivity contribution in [1.29, 1.82) is 0 Å². The predicted molar refractivity (Wildman–Crippen MR) is 105 cm³/mol. The molecule has 2 aliphatic rings. The summed E-state index contributed by atoms with van der Waals surface area (Å²) in [4.78, 5) is 28.8. The summed E-state index contributed by atoms with van der Waals surface area (Å²) in [6.07, 6.45) is 2.80. The lowest BCUT2D eigenvalue weighted by molar-refractivity contribution is -0.147. The molecule has 0 saturated carbocycles. The minimum atomic E-state index is -0.445. The average Bonchev–Trinajstić information content (AvgIpc) is 3.49. The summed E-state index contributed by atoms with van der Waals surface area (Å²) in [7, 11) is 0. The van der Waals surface area contributed by atoms with Crippen molar-refractivity contribution < 1.29 is 19.1 Å². The highest BCUT2D eigenvalue weighted by atomic mass is 16.7. The van der Waals surface area contributed by atoms with E-state index in [4.69, 9.17) is 9.47 Å². The van der Waals surface area contributed by atoms with Gasteiger partial charge >= 0.3 is 0 Å². The minimum Gasteiger partial charge on any atom is -0.348 e. The summed E-state index contributed by atoms with van der Waals surface area (Å²) in [5.74, 6) is -0.138. The fourth-order valence-corrected chi connectivity index (χ4v) is 3.98. The van der Waals surface area contributed by atoms with E-state index in [9.17, 15) is 9.59 Å². The number of aromatic nitrogens is 2. The van der Waals surface area contributed by atoms with Gasteiger partial charge in [-0.2, -0.15) is 5.10 Å². The quantitative estimate of drug-likeness (QED) is 0.739. The van der Waals surface area contributed by atoms with Crippen molar-refractivity contribution >= 4 is 11.8 Å². The maximum atomic E-state index is 13.4. The molecule has 2 aromatic rings. The maximum absolute atomic E-state index is 13.4. The van der Waals surface area contributed by atoms with Crippen LogP contribution in [0.2, 0.25) is 0 Å². The second kappa shape index (κ2) is 8.75. The fraction of sp³-hybridized carbons (Fsp3) is 0.476. The van der Waals surface area contributed by atoms with E-state index in [0.29, 0.717) is 39.3 Å². The number of likely N-dealkylation sites (tertiary alicyclic amines) is 1. The molecule has 8 heteroatoms. The number of carbonyl (C=O) groups excluding carboxylic acids is 2. The maximum Gasteiger partial charge on any atom is 0.245 e. The van der Waals surface area contributed by atoms with Crippen molar-refractivity contribution in [3.63, 3.8) is 0 Å². The minimum absolute atomic E-state index is 0.0662. The van der Waals surface area contributed by atoms with Gasteiger partial charge in [0.15, 0.2) is 6.29 Å². The molecule has 2 fully saturated rings. The summed E-state index contributed by atoms with van der Waals surface area (Å²) >= 11 is 0. The number of hydrogen-bond donors (Lipinski definition) is 0. The van der Waals surface area contributed by atoms with Gasteiger partial charge in [-0.1, -0.05) is 18.2 Å². The van der Waals surface area contributed by atoms with Gasteiger partial charge in [0.05, 0.1) is 37.7 Å². The Kier molecular flexibility index (Phi) is 5.92. The number of benzene rings is 1. The van der Waals surface area contributed by atoms with Gasteiger partial charge in [-0.05, 0) is 31.0 Å². The summed E-state index contributed by atoms with van der Waals surface area (Å²) in [5.41, 5.74) is 1.81. The highest BCUT2D eigenvalue weighted by Gasteiger charge is 2.36. The first-order chi connectivity index (χ1) is 14.1. The number of amides is 2. The van der Waals surface area contributed by atoms with Crippen LogP contribution in [0.4, 0.5) is 0 Å². The number of carbonyl (C=O) groups is 2. The van der Waals surface area contributed by atoms with Crippen LogP contribution in [0.1, 0.15) is 25.5 Å². The molecule has 2 amide bonds. The lowest BCUT2D eigenvalue weighted by Gasteiger charge is -2.31. The Hall–Kier alpha value is -2.71. The standard InChI is InChI=1S/C21H26N4O4/c1-16(26)24-11-5-8-19(24)21(27)23(15-20-28-12-13-29-20)14-18-9-10-22-25(18)17-6-3-2-4-7-17/h2-4,6-7,9-10,19-20H,5,8,11-15H2,1H3/t19-/m0/s1. The first-order valence-electron chi connectivity index (χ1n) is 10.0. The van der Waals surface area contributed by atoms with Gasteiger partial charge in [0.25, 0.3) is 0 Å². The van der Waals surface area contributed by atoms with Crippen LogP contribution in [0.5, 0.6) is 0 Å². The number of nitrogens with zero attached hydrogens (tertiary/aromatic N) is 4. The molecule has 29 heavy (non-hydrogen) atoms. The van der Waals surface area contributed by atoms with Crippen molar-refractivity contribution in [1.82, 2.24) is 19.6 Å². The normalized spacial score (nSPS) is 19.6. The van der Waals surface area contributed by atoms with Crippen LogP contribution in [0, 0.1) is 0 Å². The van der Waals surface area contributed by atoms with E-state index in [1.54, 1.807) is 16.0 Å². The average molecular weight is 398 g/mol. The molecule has 1 aromatic heterocycles. The molecule has 0 bridgehead atoms. The summed E-state index contributed by atoms with van der Waals surface area (Å²) in [6.45, 7) is 3.87. The second-order valence-corrected chi connectivity index (χ2v) is 7.33. The van der Waals surface area contributed by atoms with Gasteiger partial charge in [0.2, 0.25) is 11.8 Å². The van der Waals surface area contributed by atoms with Crippen LogP contribution in [-0.4, -0.2) is 70.0 Å². The molecule has 2 saturated heterocycles. The zero-order valence-corrected chi connectivity index (χ0v) is 16.6. The Labute approximate surface area is 170 Å². The second-order valence-electron chi connectivity index (χ2n) is 7.33.